The molecule has 0 aliphatic carbocycles. The van der Waals surface area contributed by atoms with Crippen LogP contribution in [0.2, 0.25) is 0 Å². The molecule has 7 nitrogen and oxygen atoms in total. The fourth-order valence-corrected chi connectivity index (χ4v) is 3.50. The first-order valence-corrected chi connectivity index (χ1v) is 7.96. The summed E-state index contributed by atoms with van der Waals surface area (Å²) in [4.78, 5) is 11.8. The Morgan fingerprint density at radius 1 is 1.63 bits per heavy atom. The second-order valence-corrected chi connectivity index (χ2v) is 6.92. The number of hydrogen-bond donors (Lipinski definition) is 2. The molecule has 1 amide bonds. The maximum atomic E-state index is 11.8. The number of aromatic nitrogens is 2. The Hall–Kier alpha value is -1.41. The van der Waals surface area contributed by atoms with Crippen LogP contribution in [0.25, 0.3) is 0 Å². The number of aryl methyl sites for hydroxylation is 1. The summed E-state index contributed by atoms with van der Waals surface area (Å²) in [6, 6.07) is 1.54. The van der Waals surface area contributed by atoms with E-state index in [0.29, 0.717) is 13.1 Å². The number of amides is 1. The summed E-state index contributed by atoms with van der Waals surface area (Å²) in [6.07, 6.45) is 1.84. The highest BCUT2D eigenvalue weighted by Crippen LogP contribution is 2.05. The van der Waals surface area contributed by atoms with Gasteiger partial charge in [0.1, 0.15) is 0 Å². The van der Waals surface area contributed by atoms with E-state index in [4.69, 9.17) is 0 Å². The summed E-state index contributed by atoms with van der Waals surface area (Å²) >= 11 is 0. The van der Waals surface area contributed by atoms with E-state index in [-0.39, 0.29) is 29.9 Å². The summed E-state index contributed by atoms with van der Waals surface area (Å²) in [5.41, 5.74) is 0.901. The van der Waals surface area contributed by atoms with Crippen LogP contribution < -0.4 is 10.6 Å². The fourth-order valence-electron chi connectivity index (χ4n) is 2.06. The van der Waals surface area contributed by atoms with E-state index in [9.17, 15) is 13.2 Å². The standard InChI is InChI=1S/C11H18N4O3S/c1-15-10(2-3-14-15)7-13-11(16)6-9-8-19(17,18)5-4-12-9/h2-3,9,12H,4-8H2,1H3,(H,13,16). The maximum absolute atomic E-state index is 11.8. The minimum absolute atomic E-state index is 0.0339. The summed E-state index contributed by atoms with van der Waals surface area (Å²) in [6.45, 7) is 0.816. The number of hydrogen-bond acceptors (Lipinski definition) is 5. The summed E-state index contributed by atoms with van der Waals surface area (Å²) < 4.78 is 24.6. The number of nitrogens with zero attached hydrogens (tertiary/aromatic N) is 2. The lowest BCUT2D eigenvalue weighted by Gasteiger charge is -2.23. The molecule has 1 aromatic rings. The molecule has 2 rings (SSSR count). The van der Waals surface area contributed by atoms with Gasteiger partial charge in [-0.1, -0.05) is 0 Å². The summed E-state index contributed by atoms with van der Waals surface area (Å²) in [7, 11) is -1.20. The van der Waals surface area contributed by atoms with E-state index >= 15 is 0 Å². The molecule has 2 N–H and O–H groups in total. The predicted octanol–water partition coefficient (Wildman–Crippen LogP) is -1.19. The lowest BCUT2D eigenvalue weighted by molar-refractivity contribution is -0.121. The Morgan fingerprint density at radius 3 is 3.05 bits per heavy atom. The van der Waals surface area contributed by atoms with Crippen LogP contribution in [-0.2, 0) is 28.2 Å². The van der Waals surface area contributed by atoms with Crippen molar-refractivity contribution in [3.8, 4) is 0 Å². The van der Waals surface area contributed by atoms with Gasteiger partial charge in [0.25, 0.3) is 0 Å². The quantitative estimate of drug-likeness (QED) is 0.726. The Kier molecular flexibility index (Phi) is 4.20. The first kappa shape index (κ1) is 14.0. The number of carbonyl (C=O) groups is 1. The molecule has 1 aromatic heterocycles. The highest BCUT2D eigenvalue weighted by Gasteiger charge is 2.25. The SMILES string of the molecule is Cn1nccc1CNC(=O)CC1CS(=O)(=O)CCN1. The summed E-state index contributed by atoms with van der Waals surface area (Å²) in [5.74, 6) is 0.0301. The van der Waals surface area contributed by atoms with Crippen molar-refractivity contribution in [1.29, 1.82) is 0 Å². The second kappa shape index (κ2) is 5.70. The molecule has 8 heteroatoms. The molecule has 1 aliphatic heterocycles. The van der Waals surface area contributed by atoms with Gasteiger partial charge in [0.05, 0.1) is 23.7 Å². The number of sulfone groups is 1. The normalized spacial score (nSPS) is 22.1. The molecule has 1 unspecified atom stereocenters. The molecule has 0 spiro atoms. The second-order valence-electron chi connectivity index (χ2n) is 4.69. The molecule has 0 bridgehead atoms. The van der Waals surface area contributed by atoms with E-state index < -0.39 is 9.84 Å². The van der Waals surface area contributed by atoms with Gasteiger partial charge in [-0.3, -0.25) is 9.48 Å². The first-order chi connectivity index (χ1) is 8.96. The minimum atomic E-state index is -3.00. The molecular weight excluding hydrogens is 268 g/mol. The van der Waals surface area contributed by atoms with Gasteiger partial charge < -0.3 is 10.6 Å². The zero-order valence-corrected chi connectivity index (χ0v) is 11.6. The fraction of sp³-hybridized carbons (Fsp3) is 0.636. The molecule has 1 atom stereocenters. The number of nitrogens with one attached hydrogen (secondary N) is 2. The average Bonchev–Trinajstić information content (AvgIpc) is 2.71. The largest absolute Gasteiger partial charge is 0.350 e. The molecule has 1 aliphatic rings. The predicted molar refractivity (Wildman–Crippen MR) is 70.1 cm³/mol. The van der Waals surface area contributed by atoms with Crippen LogP contribution in [-0.4, -0.2) is 48.2 Å². The van der Waals surface area contributed by atoms with Crippen molar-refractivity contribution in [3.05, 3.63) is 18.0 Å². The summed E-state index contributed by atoms with van der Waals surface area (Å²) in [5, 5.41) is 9.82. The molecule has 2 heterocycles. The van der Waals surface area contributed by atoms with Crippen LogP contribution in [0, 0.1) is 0 Å². The van der Waals surface area contributed by atoms with Gasteiger partial charge in [0.15, 0.2) is 9.84 Å². The first-order valence-electron chi connectivity index (χ1n) is 6.14. The number of carbonyl (C=O) groups excluding carboxylic acids is 1. The molecule has 1 fully saturated rings. The Labute approximate surface area is 112 Å². The molecule has 0 saturated carbocycles. The van der Waals surface area contributed by atoms with Crippen molar-refractivity contribution >= 4 is 15.7 Å². The van der Waals surface area contributed by atoms with Crippen LogP contribution in [0.1, 0.15) is 12.1 Å². The number of rotatable bonds is 4. The maximum Gasteiger partial charge on any atom is 0.221 e. The van der Waals surface area contributed by atoms with E-state index in [1.165, 1.54) is 0 Å². The van der Waals surface area contributed by atoms with Crippen LogP contribution in [0.3, 0.4) is 0 Å². The van der Waals surface area contributed by atoms with Crippen LogP contribution in [0.4, 0.5) is 0 Å². The van der Waals surface area contributed by atoms with E-state index in [0.717, 1.165) is 5.69 Å². The van der Waals surface area contributed by atoms with Crippen molar-refractivity contribution in [2.75, 3.05) is 18.1 Å². The minimum Gasteiger partial charge on any atom is -0.350 e. The van der Waals surface area contributed by atoms with Crippen molar-refractivity contribution in [2.45, 2.75) is 19.0 Å². The topological polar surface area (TPSA) is 93.1 Å². The van der Waals surface area contributed by atoms with Crippen molar-refractivity contribution in [1.82, 2.24) is 20.4 Å². The lowest BCUT2D eigenvalue weighted by Crippen LogP contribution is -2.47. The molecule has 19 heavy (non-hydrogen) atoms. The van der Waals surface area contributed by atoms with Crippen molar-refractivity contribution in [2.24, 2.45) is 7.05 Å². The third kappa shape index (κ3) is 4.03. The van der Waals surface area contributed by atoms with Crippen molar-refractivity contribution < 1.29 is 13.2 Å². The lowest BCUT2D eigenvalue weighted by atomic mass is 10.2. The third-order valence-corrected chi connectivity index (χ3v) is 4.86. The monoisotopic (exact) mass is 286 g/mol. The molecule has 0 radical (unpaired) electrons. The zero-order valence-electron chi connectivity index (χ0n) is 10.8. The van der Waals surface area contributed by atoms with E-state index in [2.05, 4.69) is 15.7 Å². The molecule has 0 aromatic carbocycles. The Morgan fingerprint density at radius 2 is 2.42 bits per heavy atom. The van der Waals surface area contributed by atoms with Crippen LogP contribution in [0.15, 0.2) is 12.3 Å². The molecular formula is C11H18N4O3S. The van der Waals surface area contributed by atoms with Gasteiger partial charge in [-0.25, -0.2) is 8.42 Å². The third-order valence-electron chi connectivity index (χ3n) is 3.12. The van der Waals surface area contributed by atoms with Gasteiger partial charge >= 0.3 is 0 Å². The van der Waals surface area contributed by atoms with Gasteiger partial charge in [0, 0.05) is 32.3 Å². The van der Waals surface area contributed by atoms with E-state index in [1.54, 1.807) is 17.9 Å². The smallest absolute Gasteiger partial charge is 0.221 e. The van der Waals surface area contributed by atoms with Gasteiger partial charge in [-0.15, -0.1) is 0 Å². The highest BCUT2D eigenvalue weighted by atomic mass is 32.2. The molecule has 1 saturated heterocycles. The Balaban J connectivity index is 1.80. The van der Waals surface area contributed by atoms with Crippen LogP contribution in [0.5, 0.6) is 0 Å². The van der Waals surface area contributed by atoms with E-state index in [1.807, 2.05) is 6.07 Å². The zero-order chi connectivity index (χ0) is 13.9. The van der Waals surface area contributed by atoms with Crippen molar-refractivity contribution in [3.63, 3.8) is 0 Å². The molecule has 106 valence electrons. The van der Waals surface area contributed by atoms with Gasteiger partial charge in [0.2, 0.25) is 5.91 Å². The van der Waals surface area contributed by atoms with Gasteiger partial charge in [-0.2, -0.15) is 5.10 Å². The highest BCUT2D eigenvalue weighted by molar-refractivity contribution is 7.91. The Bertz CT molecular complexity index is 552. The average molecular weight is 286 g/mol. The van der Waals surface area contributed by atoms with Crippen LogP contribution >= 0.6 is 0 Å². The van der Waals surface area contributed by atoms with Gasteiger partial charge in [-0.05, 0) is 6.07 Å².